The molecular weight excluding hydrogens is 666 g/mol. The van der Waals surface area contributed by atoms with Crippen molar-refractivity contribution in [3.63, 3.8) is 0 Å². The first-order valence-corrected chi connectivity index (χ1v) is 17.8. The number of aliphatic hydroxyl groups is 1. The van der Waals surface area contributed by atoms with Crippen LogP contribution in [0.3, 0.4) is 0 Å². The zero-order valence-corrected chi connectivity index (χ0v) is 29.7. The van der Waals surface area contributed by atoms with E-state index in [1.165, 1.54) is 0 Å². The highest BCUT2D eigenvalue weighted by Gasteiger charge is 2.52. The average molecular weight is 712 g/mol. The number of hydrazine groups is 1. The number of ether oxygens (including phenoxy) is 4. The third kappa shape index (κ3) is 9.71. The Labute approximate surface area is 310 Å². The summed E-state index contributed by atoms with van der Waals surface area (Å²) in [6.45, 7) is 5.71. The van der Waals surface area contributed by atoms with Crippen LogP contribution in [-0.4, -0.2) is 42.2 Å². The van der Waals surface area contributed by atoms with Crippen molar-refractivity contribution in [1.82, 2.24) is 10.9 Å². The number of hydrogen-bond donors (Lipinski definition) is 3. The summed E-state index contributed by atoms with van der Waals surface area (Å²) in [7, 11) is 0. The zero-order valence-electron chi connectivity index (χ0n) is 29.7. The monoisotopic (exact) mass is 711 g/mol. The van der Waals surface area contributed by atoms with E-state index in [1.54, 1.807) is 6.08 Å². The Morgan fingerprint density at radius 1 is 0.792 bits per heavy atom. The van der Waals surface area contributed by atoms with E-state index < -0.39 is 11.6 Å². The minimum absolute atomic E-state index is 0.0646. The molecule has 0 aliphatic carbocycles. The predicted molar refractivity (Wildman–Crippen MR) is 206 cm³/mol. The van der Waals surface area contributed by atoms with E-state index >= 15 is 0 Å². The Morgan fingerprint density at radius 3 is 2.08 bits per heavy atom. The van der Waals surface area contributed by atoms with Gasteiger partial charge in [0.2, 0.25) is 5.90 Å². The summed E-state index contributed by atoms with van der Waals surface area (Å²) in [6.07, 6.45) is 2.41. The van der Waals surface area contributed by atoms with Gasteiger partial charge in [-0.05, 0) is 65.1 Å². The molecule has 53 heavy (non-hydrogen) atoms. The van der Waals surface area contributed by atoms with Crippen molar-refractivity contribution in [2.24, 2.45) is 4.99 Å². The van der Waals surface area contributed by atoms with Crippen molar-refractivity contribution < 1.29 is 28.8 Å². The summed E-state index contributed by atoms with van der Waals surface area (Å²) in [5.41, 5.74) is 9.41. The van der Waals surface area contributed by atoms with Crippen molar-refractivity contribution >= 4 is 11.8 Å². The number of benzene rings is 5. The van der Waals surface area contributed by atoms with Gasteiger partial charge in [0.15, 0.2) is 23.1 Å². The van der Waals surface area contributed by atoms with E-state index in [2.05, 4.69) is 17.4 Å². The van der Waals surface area contributed by atoms with Crippen molar-refractivity contribution in [3.05, 3.63) is 174 Å². The van der Waals surface area contributed by atoms with E-state index in [-0.39, 0.29) is 18.9 Å². The largest absolute Gasteiger partial charge is 0.494 e. The molecule has 9 heteroatoms. The van der Waals surface area contributed by atoms with Crippen molar-refractivity contribution in [2.45, 2.75) is 44.1 Å². The summed E-state index contributed by atoms with van der Waals surface area (Å²) < 4.78 is 24.6. The lowest BCUT2D eigenvalue weighted by Crippen LogP contribution is -2.52. The van der Waals surface area contributed by atoms with Crippen LogP contribution in [0.5, 0.6) is 17.2 Å². The predicted octanol–water partition coefficient (Wildman–Crippen LogP) is 7.30. The molecule has 5 aromatic rings. The lowest BCUT2D eigenvalue weighted by molar-refractivity contribution is -0.129. The molecule has 0 aromatic heterocycles. The normalized spacial score (nSPS) is 16.2. The fourth-order valence-corrected chi connectivity index (χ4v) is 6.03. The Morgan fingerprint density at radius 2 is 1.43 bits per heavy atom. The molecule has 3 N–H and O–H groups in total. The quantitative estimate of drug-likeness (QED) is 0.0469. The Kier molecular flexibility index (Phi) is 12.9. The number of carbonyl (C=O) groups excluding carboxylic acids is 1. The van der Waals surface area contributed by atoms with Gasteiger partial charge in [-0.25, -0.2) is 10.4 Å². The van der Waals surface area contributed by atoms with Crippen LogP contribution >= 0.6 is 0 Å². The molecule has 1 aliphatic rings. The number of nitrogens with zero attached hydrogens (tertiary/aromatic N) is 1. The van der Waals surface area contributed by atoms with E-state index in [9.17, 15) is 4.79 Å². The molecule has 1 heterocycles. The number of hydrogen-bond acceptors (Lipinski definition) is 8. The molecule has 6 rings (SSSR count). The molecule has 0 fully saturated rings. The molecule has 0 spiro atoms. The molecule has 0 radical (unpaired) electrons. The first kappa shape index (κ1) is 36.9. The van der Waals surface area contributed by atoms with Gasteiger partial charge in [0, 0.05) is 31.6 Å². The van der Waals surface area contributed by atoms with Crippen LogP contribution in [0.4, 0.5) is 0 Å². The maximum atomic E-state index is 14.2. The molecular formula is C44H45N3O6. The number of rotatable bonds is 19. The van der Waals surface area contributed by atoms with Gasteiger partial charge in [-0.1, -0.05) is 103 Å². The average Bonchev–Trinajstić information content (AvgIpc) is 3.60. The van der Waals surface area contributed by atoms with Gasteiger partial charge < -0.3 is 24.1 Å². The number of nitrogens with one attached hydrogen (secondary N) is 2. The van der Waals surface area contributed by atoms with Crippen molar-refractivity contribution in [2.75, 3.05) is 19.8 Å². The standard InChI is InChI=1S/C44H45N3O6/c1-2-26-44(41(36-17-10-5-11-18-36)53-42(46-44)37-20-22-38(23-21-37)50-29-12-28-48)43(49)47-45-27-25-33-19-24-39(51-31-34-13-6-3-7-14-34)40(30-33)52-32-35-15-8-4-9-16-35/h2-11,13-24,30,41,45,48H,1,12,25-29,31-32H2,(H,47,49)/t41-,44-/m0/s1. The smallest absolute Gasteiger partial charge is 0.266 e. The van der Waals surface area contributed by atoms with E-state index in [0.717, 1.165) is 22.3 Å². The Hall–Kier alpha value is -5.90. The molecule has 0 saturated heterocycles. The van der Waals surface area contributed by atoms with Gasteiger partial charge >= 0.3 is 0 Å². The van der Waals surface area contributed by atoms with Gasteiger partial charge in [-0.15, -0.1) is 6.58 Å². The molecule has 1 aliphatic heterocycles. The van der Waals surface area contributed by atoms with Crippen LogP contribution in [0.15, 0.2) is 151 Å². The summed E-state index contributed by atoms with van der Waals surface area (Å²) in [5, 5.41) is 9.06. The van der Waals surface area contributed by atoms with Gasteiger partial charge in [0.25, 0.3) is 5.91 Å². The SMILES string of the molecule is C=CC[C@]1(C(=O)NNCCc2ccc(OCc3ccccc3)c(OCc3ccccc3)c2)N=C(c2ccc(OCCCO)cc2)O[C@H]1c1ccccc1. The van der Waals surface area contributed by atoms with E-state index in [0.29, 0.717) is 67.9 Å². The lowest BCUT2D eigenvalue weighted by atomic mass is 9.84. The topological polar surface area (TPSA) is 111 Å². The van der Waals surface area contributed by atoms with Gasteiger partial charge in [-0.2, -0.15) is 0 Å². The summed E-state index contributed by atoms with van der Waals surface area (Å²) >= 11 is 0. The van der Waals surface area contributed by atoms with Crippen LogP contribution in [0, 0.1) is 0 Å². The van der Waals surface area contributed by atoms with Crippen LogP contribution in [0.25, 0.3) is 0 Å². The minimum Gasteiger partial charge on any atom is -0.494 e. The Bertz CT molecular complexity index is 1940. The first-order chi connectivity index (χ1) is 26.1. The molecule has 0 bridgehead atoms. The lowest BCUT2D eigenvalue weighted by Gasteiger charge is -2.29. The Balaban J connectivity index is 1.14. The number of aliphatic imine (C=N–C) groups is 1. The maximum Gasteiger partial charge on any atom is 0.266 e. The number of aliphatic hydroxyl groups excluding tert-OH is 1. The molecule has 0 saturated carbocycles. The first-order valence-electron chi connectivity index (χ1n) is 17.8. The highest BCUT2D eigenvalue weighted by atomic mass is 16.5. The molecule has 272 valence electrons. The zero-order chi connectivity index (χ0) is 36.7. The second-order valence-corrected chi connectivity index (χ2v) is 12.7. The minimum atomic E-state index is -1.31. The third-order valence-electron chi connectivity index (χ3n) is 8.81. The highest BCUT2D eigenvalue weighted by molar-refractivity contribution is 6.01. The van der Waals surface area contributed by atoms with Crippen LogP contribution in [0.1, 0.15) is 46.8 Å². The van der Waals surface area contributed by atoms with Crippen LogP contribution < -0.4 is 25.1 Å². The fourth-order valence-electron chi connectivity index (χ4n) is 6.03. The van der Waals surface area contributed by atoms with E-state index in [4.69, 9.17) is 29.0 Å². The molecule has 9 nitrogen and oxygen atoms in total. The maximum absolute atomic E-state index is 14.2. The van der Waals surface area contributed by atoms with Crippen LogP contribution in [0.2, 0.25) is 0 Å². The van der Waals surface area contributed by atoms with Gasteiger partial charge in [-0.3, -0.25) is 10.2 Å². The molecule has 1 amide bonds. The van der Waals surface area contributed by atoms with Crippen molar-refractivity contribution in [1.29, 1.82) is 0 Å². The number of amides is 1. The van der Waals surface area contributed by atoms with Crippen LogP contribution in [-0.2, 0) is 29.2 Å². The third-order valence-corrected chi connectivity index (χ3v) is 8.81. The summed E-state index contributed by atoms with van der Waals surface area (Å²) in [6, 6.07) is 42.9. The van der Waals surface area contributed by atoms with Gasteiger partial charge in [0.1, 0.15) is 19.0 Å². The van der Waals surface area contributed by atoms with E-state index in [1.807, 2.05) is 133 Å². The fraction of sp³-hybridized carbons (Fsp3) is 0.227. The number of carbonyl (C=O) groups is 1. The summed E-state index contributed by atoms with van der Waals surface area (Å²) in [5.74, 6) is 2.00. The van der Waals surface area contributed by atoms with Crippen molar-refractivity contribution in [3.8, 4) is 17.2 Å². The van der Waals surface area contributed by atoms with Gasteiger partial charge in [0.05, 0.1) is 6.61 Å². The molecule has 2 atom stereocenters. The second-order valence-electron chi connectivity index (χ2n) is 12.7. The second kappa shape index (κ2) is 18.5. The summed E-state index contributed by atoms with van der Waals surface area (Å²) in [4.78, 5) is 19.1. The molecule has 0 unspecified atom stereocenters. The highest BCUT2D eigenvalue weighted by Crippen LogP contribution is 2.42. The molecule has 5 aromatic carbocycles.